The number of carboxylic acids is 1. The van der Waals surface area contributed by atoms with Crippen molar-refractivity contribution in [2.45, 2.75) is 160 Å². The molecule has 0 aromatic heterocycles. The molecule has 0 amide bonds. The number of allylic oxidation sites excluding steroid dienone is 2. The molecule has 1 spiro atoms. The Labute approximate surface area is 388 Å². The van der Waals surface area contributed by atoms with Crippen LogP contribution in [-0.2, 0) is 47.5 Å². The Morgan fingerprint density at radius 1 is 0.879 bits per heavy atom. The monoisotopic (exact) mass is 940 g/mol. The highest BCUT2D eigenvalue weighted by Crippen LogP contribution is 2.55. The second-order valence-corrected chi connectivity index (χ2v) is 19.8. The molecule has 360 valence electrons. The topological polar surface area (TPSA) is 234 Å². The van der Waals surface area contributed by atoms with Crippen LogP contribution in [0.3, 0.4) is 0 Å². The van der Waals surface area contributed by atoms with Crippen LogP contribution >= 0.6 is 11.6 Å². The Morgan fingerprint density at radius 2 is 1.58 bits per heavy atom. The summed E-state index contributed by atoms with van der Waals surface area (Å²) < 4.78 is 42.7. The average molecular weight is 941 g/mol. The van der Waals surface area contributed by atoms with Gasteiger partial charge in [-0.2, -0.15) is 0 Å². The van der Waals surface area contributed by atoms with Crippen molar-refractivity contribution in [3.8, 4) is 5.75 Å². The average Bonchev–Trinajstić information content (AvgIpc) is 3.48. The predicted octanol–water partition coefficient (Wildman–Crippen LogP) is 6.66. The Kier molecular flexibility index (Phi) is 13.9. The number of phenolic OH excluding ortho intramolecular Hbond substituents is 1. The number of carbonyl (C=O) groups excluding carboxylic acids is 3. The zero-order valence-corrected chi connectivity index (χ0v) is 38.6. The summed E-state index contributed by atoms with van der Waals surface area (Å²) in [4.78, 5) is 53.5. The lowest BCUT2D eigenvalue weighted by atomic mass is 9.55. The molecule has 17 heteroatoms. The summed E-state index contributed by atoms with van der Waals surface area (Å²) in [5.41, 5.74) is -2.39. The van der Waals surface area contributed by atoms with Crippen molar-refractivity contribution in [2.75, 3.05) is 0 Å². The van der Waals surface area contributed by atoms with Crippen LogP contribution in [0.25, 0.3) is 0 Å². The fourth-order valence-corrected chi connectivity index (χ4v) is 11.7. The molecule has 3 fully saturated rings. The Balaban J connectivity index is 0.934. The molecule has 1 saturated carbocycles. The molecular formula is C49H61ClO16. The number of hydrogen-bond acceptors (Lipinski definition) is 15. The van der Waals surface area contributed by atoms with Gasteiger partial charge in [-0.1, -0.05) is 61.7 Å². The van der Waals surface area contributed by atoms with Crippen LogP contribution in [-0.4, -0.2) is 110 Å². The first-order valence-electron chi connectivity index (χ1n) is 23.2. The molecule has 7 aliphatic rings. The maximum Gasteiger partial charge on any atom is 0.379 e. The van der Waals surface area contributed by atoms with Gasteiger partial charge in [0.25, 0.3) is 5.76 Å². The SMILES string of the molecule is Cc1c(Cl)ccc(O)c1C(=O)OC1C(O)CC(OC2C(O)CC(OC3CCCC4C3C=CC3CCCCC=CC5C=C(C(=O)O)C(C)CC56OC(=O)C(=C6O)OC(=O)C34C)OC2C)OC1C. The van der Waals surface area contributed by atoms with Crippen molar-refractivity contribution in [3.63, 3.8) is 0 Å². The minimum absolute atomic E-state index is 0.0103. The van der Waals surface area contributed by atoms with Crippen molar-refractivity contribution in [1.29, 1.82) is 0 Å². The summed E-state index contributed by atoms with van der Waals surface area (Å²) in [6, 6.07) is 2.75. The van der Waals surface area contributed by atoms with E-state index < -0.39 is 114 Å². The molecule has 5 N–H and O–H groups in total. The number of halogens is 1. The van der Waals surface area contributed by atoms with Crippen LogP contribution in [0, 0.1) is 41.9 Å². The summed E-state index contributed by atoms with van der Waals surface area (Å²) >= 11 is 6.16. The first-order chi connectivity index (χ1) is 31.3. The maximum atomic E-state index is 14.7. The van der Waals surface area contributed by atoms with Gasteiger partial charge in [0, 0.05) is 41.7 Å². The zero-order valence-electron chi connectivity index (χ0n) is 37.8. The van der Waals surface area contributed by atoms with Gasteiger partial charge in [-0.25, -0.2) is 14.4 Å². The highest BCUT2D eigenvalue weighted by atomic mass is 35.5. The third-order valence-electron chi connectivity index (χ3n) is 15.2. The number of carbonyl (C=O) groups is 4. The molecule has 4 aliphatic heterocycles. The maximum absolute atomic E-state index is 14.7. The lowest BCUT2D eigenvalue weighted by Gasteiger charge is -2.51. The Bertz CT molecular complexity index is 2180. The Hall–Kier alpha value is -4.29. The first kappa shape index (κ1) is 48.2. The number of rotatable bonds is 7. The number of fused-ring (bicyclic) bond motifs is 3. The minimum Gasteiger partial charge on any atom is -0.507 e. The minimum atomic E-state index is -1.62. The number of aliphatic hydroxyl groups excluding tert-OH is 3. The highest BCUT2D eigenvalue weighted by Gasteiger charge is 2.60. The second kappa shape index (κ2) is 19.0. The summed E-state index contributed by atoms with van der Waals surface area (Å²) in [6.45, 7) is 8.49. The Morgan fingerprint density at radius 3 is 2.27 bits per heavy atom. The summed E-state index contributed by atoms with van der Waals surface area (Å²) in [7, 11) is 0. The molecular weight excluding hydrogens is 880 g/mol. The van der Waals surface area contributed by atoms with E-state index in [1.54, 1.807) is 33.8 Å². The normalized spacial score (nSPS) is 40.5. The molecule has 16 nitrogen and oxygen atoms in total. The third kappa shape index (κ3) is 8.83. The molecule has 16 atom stereocenters. The molecule has 16 unspecified atom stereocenters. The van der Waals surface area contributed by atoms with Crippen LogP contribution in [0.2, 0.25) is 5.02 Å². The van der Waals surface area contributed by atoms with Gasteiger partial charge in [-0.3, -0.25) is 4.79 Å². The summed E-state index contributed by atoms with van der Waals surface area (Å²) in [6.07, 6.45) is 6.30. The standard InChI is InChI=1S/C49H61ClO16/c1-23-22-49-28(19-30(23)44(55)56)12-9-7-6-8-11-27-15-16-29-31(48(27,5)47(59)65-42(43(49)54)46(58)66-49)13-10-14-36(29)62-37-20-34(52)40(25(3)60-37)63-38-21-35(53)41(26(4)61-38)64-45(57)39-24(2)32(50)17-18-33(39)51/h9,12,15-19,23,25-29,31,34-38,40-41,51-54H,6-8,10-11,13-14,20-22H2,1-5H3,(H,55,56). The second-order valence-electron chi connectivity index (χ2n) is 19.4. The van der Waals surface area contributed by atoms with Crippen LogP contribution < -0.4 is 0 Å². The fourth-order valence-electron chi connectivity index (χ4n) is 11.6. The molecule has 2 bridgehead atoms. The number of phenols is 1. The van der Waals surface area contributed by atoms with Crippen molar-refractivity contribution in [2.24, 2.45) is 35.0 Å². The first-order valence-corrected chi connectivity index (χ1v) is 23.6. The molecule has 0 radical (unpaired) electrons. The molecule has 3 aliphatic carbocycles. The number of benzene rings is 1. The van der Waals surface area contributed by atoms with Crippen LogP contribution in [0.15, 0.2) is 59.6 Å². The van der Waals surface area contributed by atoms with Gasteiger partial charge in [-0.05, 0) is 95.2 Å². The molecule has 4 heterocycles. The van der Waals surface area contributed by atoms with E-state index >= 15 is 0 Å². The number of ether oxygens (including phenoxy) is 7. The molecule has 8 rings (SSSR count). The molecule has 66 heavy (non-hydrogen) atoms. The third-order valence-corrected chi connectivity index (χ3v) is 15.6. The largest absolute Gasteiger partial charge is 0.507 e. The number of aliphatic hydroxyl groups is 3. The van der Waals surface area contributed by atoms with E-state index in [4.69, 9.17) is 44.8 Å². The smallest absolute Gasteiger partial charge is 0.379 e. The van der Waals surface area contributed by atoms with Crippen molar-refractivity contribution >= 4 is 35.5 Å². The molecule has 2 saturated heterocycles. The lowest BCUT2D eigenvalue weighted by Crippen LogP contribution is -2.56. The van der Waals surface area contributed by atoms with Gasteiger partial charge in [0.15, 0.2) is 30.0 Å². The van der Waals surface area contributed by atoms with E-state index in [0.29, 0.717) is 37.7 Å². The van der Waals surface area contributed by atoms with E-state index in [2.05, 4.69) is 6.08 Å². The van der Waals surface area contributed by atoms with Crippen LogP contribution in [0.5, 0.6) is 5.75 Å². The van der Waals surface area contributed by atoms with Gasteiger partial charge in [0.1, 0.15) is 17.4 Å². The van der Waals surface area contributed by atoms with Crippen molar-refractivity contribution in [1.82, 2.24) is 0 Å². The predicted molar refractivity (Wildman–Crippen MR) is 233 cm³/mol. The van der Waals surface area contributed by atoms with Crippen molar-refractivity contribution < 1.29 is 77.9 Å². The zero-order chi connectivity index (χ0) is 47.4. The number of hydrogen-bond donors (Lipinski definition) is 5. The summed E-state index contributed by atoms with van der Waals surface area (Å²) in [5.74, 6) is -7.18. The van der Waals surface area contributed by atoms with E-state index in [9.17, 15) is 44.7 Å². The number of esters is 3. The van der Waals surface area contributed by atoms with E-state index in [1.165, 1.54) is 18.2 Å². The molecule has 1 aromatic rings. The van der Waals surface area contributed by atoms with Gasteiger partial charge in [0.05, 0.1) is 35.9 Å². The van der Waals surface area contributed by atoms with E-state index in [-0.39, 0.29) is 58.9 Å². The van der Waals surface area contributed by atoms with Crippen molar-refractivity contribution in [3.05, 3.63) is 75.8 Å². The van der Waals surface area contributed by atoms with E-state index in [1.807, 2.05) is 19.1 Å². The van der Waals surface area contributed by atoms with Gasteiger partial charge < -0.3 is 58.7 Å². The fraction of sp³-hybridized carbons (Fsp3) is 0.633. The van der Waals surface area contributed by atoms with E-state index in [0.717, 1.165) is 12.8 Å². The lowest BCUT2D eigenvalue weighted by molar-refractivity contribution is -0.318. The molecule has 1 aromatic carbocycles. The van der Waals surface area contributed by atoms with Crippen LogP contribution in [0.1, 0.15) is 108 Å². The van der Waals surface area contributed by atoms with Gasteiger partial charge >= 0.3 is 23.9 Å². The number of carboxylic acid groups (broad SMARTS) is 1. The van der Waals surface area contributed by atoms with Gasteiger partial charge in [-0.15, -0.1) is 0 Å². The quantitative estimate of drug-likeness (QED) is 0.109. The summed E-state index contributed by atoms with van der Waals surface area (Å²) in [5, 5.41) is 54.8. The number of aromatic hydroxyl groups is 1. The number of aliphatic carboxylic acids is 1. The van der Waals surface area contributed by atoms with Crippen LogP contribution in [0.4, 0.5) is 0 Å². The highest BCUT2D eigenvalue weighted by molar-refractivity contribution is 6.32. The van der Waals surface area contributed by atoms with Gasteiger partial charge in [0.2, 0.25) is 0 Å².